The molecular formula is C19H29N3O2S. The van der Waals surface area contributed by atoms with E-state index in [1.165, 1.54) is 43.9 Å². The predicted octanol–water partition coefficient (Wildman–Crippen LogP) is 2.55. The first-order valence-electron chi connectivity index (χ1n) is 9.17. The van der Waals surface area contributed by atoms with E-state index < -0.39 is 0 Å². The molecule has 0 saturated heterocycles. The van der Waals surface area contributed by atoms with Crippen molar-refractivity contribution < 1.29 is 9.59 Å². The molecule has 0 atom stereocenters. The van der Waals surface area contributed by atoms with Crippen LogP contribution in [0.5, 0.6) is 0 Å². The molecule has 6 heteroatoms. The molecule has 0 radical (unpaired) electrons. The van der Waals surface area contributed by atoms with Gasteiger partial charge in [0.2, 0.25) is 5.91 Å². The van der Waals surface area contributed by atoms with Gasteiger partial charge in [0, 0.05) is 18.0 Å². The van der Waals surface area contributed by atoms with E-state index in [9.17, 15) is 9.59 Å². The molecule has 0 heterocycles. The van der Waals surface area contributed by atoms with Crippen LogP contribution in [0.1, 0.15) is 48.9 Å². The lowest BCUT2D eigenvalue weighted by Crippen LogP contribution is -2.31. The van der Waals surface area contributed by atoms with Crippen molar-refractivity contribution in [2.45, 2.75) is 43.4 Å². The number of hydrogen-bond donors (Lipinski definition) is 3. The maximum Gasteiger partial charge on any atom is 0.252 e. The summed E-state index contributed by atoms with van der Waals surface area (Å²) in [5.74, 6) is 0.885. The van der Waals surface area contributed by atoms with Crippen LogP contribution >= 0.6 is 11.8 Å². The average Bonchev–Trinajstić information content (AvgIpc) is 2.66. The average molecular weight is 364 g/mol. The van der Waals surface area contributed by atoms with Gasteiger partial charge in [0.25, 0.3) is 5.91 Å². The molecule has 0 aromatic heterocycles. The molecule has 138 valence electrons. The maximum absolute atomic E-state index is 12.3. The summed E-state index contributed by atoms with van der Waals surface area (Å²) in [5.41, 5.74) is 6.06. The summed E-state index contributed by atoms with van der Waals surface area (Å²) in [6.45, 7) is 1.90. The zero-order valence-corrected chi connectivity index (χ0v) is 15.6. The molecule has 4 N–H and O–H groups in total. The number of carbonyl (C=O) groups excluding carboxylic acids is 2. The minimum Gasteiger partial charge on any atom is -0.355 e. The van der Waals surface area contributed by atoms with Gasteiger partial charge in [-0.15, -0.1) is 11.8 Å². The first-order valence-corrected chi connectivity index (χ1v) is 10.2. The van der Waals surface area contributed by atoms with Gasteiger partial charge in [-0.25, -0.2) is 0 Å². The molecule has 1 aromatic carbocycles. The van der Waals surface area contributed by atoms with E-state index in [0.717, 1.165) is 17.9 Å². The molecule has 25 heavy (non-hydrogen) atoms. The van der Waals surface area contributed by atoms with Gasteiger partial charge in [0.1, 0.15) is 0 Å². The SMILES string of the molecule is NCCCNC(=O)c1ccccc1SCC(=O)NCC1CCCCC1. The van der Waals surface area contributed by atoms with Gasteiger partial charge < -0.3 is 16.4 Å². The lowest BCUT2D eigenvalue weighted by atomic mass is 9.89. The number of hydrogen-bond acceptors (Lipinski definition) is 4. The molecule has 1 saturated carbocycles. The molecule has 1 fully saturated rings. The molecular weight excluding hydrogens is 334 g/mol. The van der Waals surface area contributed by atoms with Crippen LogP contribution in [0.2, 0.25) is 0 Å². The van der Waals surface area contributed by atoms with Crippen LogP contribution in [0.25, 0.3) is 0 Å². The zero-order chi connectivity index (χ0) is 17.9. The van der Waals surface area contributed by atoms with Crippen molar-refractivity contribution in [3.8, 4) is 0 Å². The van der Waals surface area contributed by atoms with E-state index >= 15 is 0 Å². The van der Waals surface area contributed by atoms with Gasteiger partial charge in [-0.2, -0.15) is 0 Å². The third kappa shape index (κ3) is 7.08. The Balaban J connectivity index is 1.79. The number of nitrogens with two attached hydrogens (primary N) is 1. The first-order chi connectivity index (χ1) is 12.2. The third-order valence-corrected chi connectivity index (χ3v) is 5.54. The summed E-state index contributed by atoms with van der Waals surface area (Å²) in [6.07, 6.45) is 7.08. The number of thioether (sulfide) groups is 1. The van der Waals surface area contributed by atoms with Crippen LogP contribution in [0.15, 0.2) is 29.2 Å². The highest BCUT2D eigenvalue weighted by Crippen LogP contribution is 2.24. The quantitative estimate of drug-likeness (QED) is 0.465. The van der Waals surface area contributed by atoms with E-state index in [1.807, 2.05) is 18.2 Å². The number of nitrogens with one attached hydrogen (secondary N) is 2. The van der Waals surface area contributed by atoms with Crippen molar-refractivity contribution in [2.24, 2.45) is 11.7 Å². The van der Waals surface area contributed by atoms with Gasteiger partial charge in [-0.05, 0) is 43.9 Å². The van der Waals surface area contributed by atoms with Crippen LogP contribution < -0.4 is 16.4 Å². The fourth-order valence-electron chi connectivity index (χ4n) is 3.02. The van der Waals surface area contributed by atoms with Crippen molar-refractivity contribution in [1.29, 1.82) is 0 Å². The van der Waals surface area contributed by atoms with Gasteiger partial charge >= 0.3 is 0 Å². The van der Waals surface area contributed by atoms with Crippen LogP contribution in [-0.2, 0) is 4.79 Å². The highest BCUT2D eigenvalue weighted by molar-refractivity contribution is 8.00. The summed E-state index contributed by atoms with van der Waals surface area (Å²) in [4.78, 5) is 25.2. The highest BCUT2D eigenvalue weighted by Gasteiger charge is 2.15. The van der Waals surface area contributed by atoms with Gasteiger partial charge in [0.15, 0.2) is 0 Å². The Morgan fingerprint density at radius 1 is 1.12 bits per heavy atom. The fraction of sp³-hybridized carbons (Fsp3) is 0.579. The summed E-state index contributed by atoms with van der Waals surface area (Å²) in [5, 5.41) is 5.90. The second-order valence-corrected chi connectivity index (χ2v) is 7.51. The molecule has 1 aliphatic rings. The predicted molar refractivity (Wildman–Crippen MR) is 103 cm³/mol. The minimum atomic E-state index is -0.112. The molecule has 2 rings (SSSR count). The molecule has 0 unspecified atom stereocenters. The van der Waals surface area contributed by atoms with E-state index in [2.05, 4.69) is 10.6 Å². The molecule has 0 bridgehead atoms. The molecule has 1 aliphatic carbocycles. The third-order valence-electron chi connectivity index (χ3n) is 4.47. The molecule has 5 nitrogen and oxygen atoms in total. The van der Waals surface area contributed by atoms with E-state index in [0.29, 0.717) is 30.3 Å². The Hall–Kier alpha value is -1.53. The second-order valence-electron chi connectivity index (χ2n) is 6.49. The fourth-order valence-corrected chi connectivity index (χ4v) is 3.90. The maximum atomic E-state index is 12.3. The topological polar surface area (TPSA) is 84.2 Å². The number of rotatable bonds is 9. The summed E-state index contributed by atoms with van der Waals surface area (Å²) >= 11 is 1.41. The largest absolute Gasteiger partial charge is 0.355 e. The summed E-state index contributed by atoms with van der Waals surface area (Å²) in [6, 6.07) is 7.40. The van der Waals surface area contributed by atoms with Crippen LogP contribution in [-0.4, -0.2) is 37.2 Å². The van der Waals surface area contributed by atoms with Gasteiger partial charge in [0.05, 0.1) is 11.3 Å². The Kier molecular flexibility index (Phi) is 8.83. The lowest BCUT2D eigenvalue weighted by Gasteiger charge is -2.21. The number of amides is 2. The molecule has 2 amide bonds. The van der Waals surface area contributed by atoms with Crippen molar-refractivity contribution in [3.63, 3.8) is 0 Å². The van der Waals surface area contributed by atoms with Crippen molar-refractivity contribution in [1.82, 2.24) is 10.6 Å². The van der Waals surface area contributed by atoms with Crippen LogP contribution in [0.3, 0.4) is 0 Å². The second kappa shape index (κ2) is 11.2. The Bertz CT molecular complexity index is 559. The Morgan fingerprint density at radius 2 is 1.88 bits per heavy atom. The monoisotopic (exact) mass is 363 g/mol. The first kappa shape index (κ1) is 19.8. The Morgan fingerprint density at radius 3 is 2.64 bits per heavy atom. The Labute approximate surface area is 154 Å². The zero-order valence-electron chi connectivity index (χ0n) is 14.8. The molecule has 0 spiro atoms. The lowest BCUT2D eigenvalue weighted by molar-refractivity contribution is -0.118. The van der Waals surface area contributed by atoms with Crippen molar-refractivity contribution in [3.05, 3.63) is 29.8 Å². The standard InChI is InChI=1S/C19H29N3O2S/c20-11-6-12-21-19(24)16-9-4-5-10-17(16)25-14-18(23)22-13-15-7-2-1-3-8-15/h4-5,9-10,15H,1-3,6-8,11-14,20H2,(H,21,24)(H,22,23). The van der Waals surface area contributed by atoms with Gasteiger partial charge in [-0.3, -0.25) is 9.59 Å². The van der Waals surface area contributed by atoms with E-state index in [1.54, 1.807) is 6.07 Å². The van der Waals surface area contributed by atoms with Crippen LogP contribution in [0, 0.1) is 5.92 Å². The highest BCUT2D eigenvalue weighted by atomic mass is 32.2. The summed E-state index contributed by atoms with van der Waals surface area (Å²) in [7, 11) is 0. The molecule has 0 aliphatic heterocycles. The smallest absolute Gasteiger partial charge is 0.252 e. The van der Waals surface area contributed by atoms with E-state index in [-0.39, 0.29) is 11.8 Å². The summed E-state index contributed by atoms with van der Waals surface area (Å²) < 4.78 is 0. The van der Waals surface area contributed by atoms with Gasteiger partial charge in [-0.1, -0.05) is 31.4 Å². The van der Waals surface area contributed by atoms with Crippen LogP contribution in [0.4, 0.5) is 0 Å². The molecule has 1 aromatic rings. The van der Waals surface area contributed by atoms with E-state index in [4.69, 9.17) is 5.73 Å². The van der Waals surface area contributed by atoms with Crippen molar-refractivity contribution >= 4 is 23.6 Å². The number of carbonyl (C=O) groups is 2. The van der Waals surface area contributed by atoms with Crippen molar-refractivity contribution in [2.75, 3.05) is 25.4 Å². The normalized spacial score (nSPS) is 14.9. The minimum absolute atomic E-state index is 0.0360. The number of benzene rings is 1.